The number of nitrogens with zero attached hydrogens (tertiary/aromatic N) is 1. The van der Waals surface area contributed by atoms with Gasteiger partial charge in [-0.2, -0.15) is 0 Å². The fourth-order valence-electron chi connectivity index (χ4n) is 2.09. The summed E-state index contributed by atoms with van der Waals surface area (Å²) in [6, 6.07) is 13.5. The highest BCUT2D eigenvalue weighted by atomic mass is 16.5. The van der Waals surface area contributed by atoms with Crippen LogP contribution in [-0.4, -0.2) is 31.1 Å². The van der Waals surface area contributed by atoms with Crippen molar-refractivity contribution in [1.29, 1.82) is 0 Å². The third-order valence-electron chi connectivity index (χ3n) is 3.24. The van der Waals surface area contributed by atoms with Gasteiger partial charge in [0.05, 0.1) is 25.9 Å². The molecule has 0 aliphatic heterocycles. The van der Waals surface area contributed by atoms with Crippen LogP contribution in [0.2, 0.25) is 0 Å². The molecular formula is C17H21N3O2. The maximum absolute atomic E-state index is 11.7. The van der Waals surface area contributed by atoms with Crippen molar-refractivity contribution in [3.63, 3.8) is 0 Å². The zero-order chi connectivity index (χ0) is 15.6. The molecular weight excluding hydrogens is 278 g/mol. The highest BCUT2D eigenvalue weighted by Crippen LogP contribution is 2.17. The molecule has 0 saturated heterocycles. The summed E-state index contributed by atoms with van der Waals surface area (Å²) in [6.07, 6.45) is 2.53. The number of para-hydroxylation sites is 1. The number of pyridine rings is 1. The van der Waals surface area contributed by atoms with Crippen molar-refractivity contribution in [3.8, 4) is 5.75 Å². The van der Waals surface area contributed by atoms with Gasteiger partial charge in [-0.15, -0.1) is 0 Å². The Labute approximate surface area is 130 Å². The van der Waals surface area contributed by atoms with Crippen LogP contribution in [0.5, 0.6) is 5.75 Å². The van der Waals surface area contributed by atoms with Crippen LogP contribution >= 0.6 is 0 Å². The number of hydrogen-bond acceptors (Lipinski definition) is 4. The summed E-state index contributed by atoms with van der Waals surface area (Å²) in [6.45, 7) is 1.47. The minimum atomic E-state index is -0.0364. The van der Waals surface area contributed by atoms with Crippen molar-refractivity contribution in [2.24, 2.45) is 0 Å². The largest absolute Gasteiger partial charge is 0.496 e. The molecule has 0 saturated carbocycles. The molecule has 1 amide bonds. The molecule has 0 fully saturated rings. The van der Waals surface area contributed by atoms with Crippen LogP contribution in [-0.2, 0) is 17.8 Å². The highest BCUT2D eigenvalue weighted by molar-refractivity contribution is 5.77. The lowest BCUT2D eigenvalue weighted by atomic mass is 10.1. The number of benzene rings is 1. The van der Waals surface area contributed by atoms with E-state index in [4.69, 9.17) is 4.74 Å². The number of amides is 1. The number of aromatic nitrogens is 1. The highest BCUT2D eigenvalue weighted by Gasteiger charge is 2.03. The number of carbonyl (C=O) groups is 1. The second kappa shape index (κ2) is 8.79. The maximum atomic E-state index is 11.7. The topological polar surface area (TPSA) is 63.2 Å². The Morgan fingerprint density at radius 3 is 2.77 bits per heavy atom. The van der Waals surface area contributed by atoms with Crippen LogP contribution < -0.4 is 15.4 Å². The first-order chi connectivity index (χ1) is 10.8. The van der Waals surface area contributed by atoms with E-state index in [1.165, 1.54) is 0 Å². The van der Waals surface area contributed by atoms with Gasteiger partial charge in [0.25, 0.3) is 0 Å². The van der Waals surface area contributed by atoms with Crippen LogP contribution in [0.15, 0.2) is 48.7 Å². The summed E-state index contributed by atoms with van der Waals surface area (Å²) in [7, 11) is 1.66. The molecule has 1 aromatic carbocycles. The molecule has 0 unspecified atom stereocenters. The van der Waals surface area contributed by atoms with E-state index in [-0.39, 0.29) is 5.91 Å². The van der Waals surface area contributed by atoms with E-state index in [0.29, 0.717) is 13.1 Å². The molecule has 0 spiro atoms. The predicted molar refractivity (Wildman–Crippen MR) is 85.7 cm³/mol. The first-order valence-corrected chi connectivity index (χ1v) is 7.29. The summed E-state index contributed by atoms with van der Waals surface area (Å²) in [5, 5.41) is 5.96. The van der Waals surface area contributed by atoms with Crippen LogP contribution in [0.1, 0.15) is 11.3 Å². The Hall–Kier alpha value is -2.40. The molecule has 2 aromatic rings. The molecule has 0 radical (unpaired) electrons. The van der Waals surface area contributed by atoms with Gasteiger partial charge in [-0.1, -0.05) is 24.3 Å². The quantitative estimate of drug-likeness (QED) is 0.726. The number of ether oxygens (including phenoxy) is 1. The zero-order valence-electron chi connectivity index (χ0n) is 12.7. The van der Waals surface area contributed by atoms with Gasteiger partial charge in [0.15, 0.2) is 0 Å². The minimum Gasteiger partial charge on any atom is -0.496 e. The van der Waals surface area contributed by atoms with Crippen molar-refractivity contribution in [3.05, 3.63) is 59.9 Å². The Morgan fingerprint density at radius 2 is 2.00 bits per heavy atom. The number of hydrogen-bond donors (Lipinski definition) is 2. The average Bonchev–Trinajstić information content (AvgIpc) is 2.58. The van der Waals surface area contributed by atoms with Gasteiger partial charge in [-0.05, 0) is 36.7 Å². The molecule has 5 nitrogen and oxygen atoms in total. The SMILES string of the molecule is COc1ccccc1CCNCC(=O)NCc1ccccn1. The molecule has 5 heteroatoms. The van der Waals surface area contributed by atoms with E-state index in [1.54, 1.807) is 13.3 Å². The van der Waals surface area contributed by atoms with Crippen LogP contribution in [0.4, 0.5) is 0 Å². The first-order valence-electron chi connectivity index (χ1n) is 7.29. The maximum Gasteiger partial charge on any atom is 0.234 e. The number of carbonyl (C=O) groups excluding carboxylic acids is 1. The van der Waals surface area contributed by atoms with Crippen LogP contribution in [0, 0.1) is 0 Å². The van der Waals surface area contributed by atoms with E-state index < -0.39 is 0 Å². The van der Waals surface area contributed by atoms with Gasteiger partial charge < -0.3 is 15.4 Å². The molecule has 0 aliphatic carbocycles. The van der Waals surface area contributed by atoms with Gasteiger partial charge in [0.1, 0.15) is 5.75 Å². The summed E-state index contributed by atoms with van der Waals surface area (Å²) in [5.74, 6) is 0.842. The number of nitrogens with one attached hydrogen (secondary N) is 2. The summed E-state index contributed by atoms with van der Waals surface area (Å²) in [5.41, 5.74) is 1.98. The molecule has 2 rings (SSSR count). The van der Waals surface area contributed by atoms with Crippen molar-refractivity contribution >= 4 is 5.91 Å². The number of rotatable bonds is 8. The van der Waals surface area contributed by atoms with Crippen LogP contribution in [0.25, 0.3) is 0 Å². The smallest absolute Gasteiger partial charge is 0.234 e. The first kappa shape index (κ1) is 16.0. The van der Waals surface area contributed by atoms with Gasteiger partial charge >= 0.3 is 0 Å². The molecule has 0 atom stereocenters. The van der Waals surface area contributed by atoms with Crippen LogP contribution in [0.3, 0.4) is 0 Å². The molecule has 0 aliphatic rings. The van der Waals surface area contributed by atoms with E-state index in [0.717, 1.165) is 30.0 Å². The third-order valence-corrected chi connectivity index (χ3v) is 3.24. The summed E-state index contributed by atoms with van der Waals surface area (Å²) < 4.78 is 5.30. The minimum absolute atomic E-state index is 0.0364. The van der Waals surface area contributed by atoms with E-state index in [2.05, 4.69) is 15.6 Å². The lowest BCUT2D eigenvalue weighted by Crippen LogP contribution is -2.34. The van der Waals surface area contributed by atoms with Crippen molar-refractivity contribution in [2.45, 2.75) is 13.0 Å². The van der Waals surface area contributed by atoms with Crippen molar-refractivity contribution in [1.82, 2.24) is 15.6 Å². The zero-order valence-corrected chi connectivity index (χ0v) is 12.7. The van der Waals surface area contributed by atoms with Crippen molar-refractivity contribution in [2.75, 3.05) is 20.2 Å². The normalized spacial score (nSPS) is 10.2. The molecule has 1 heterocycles. The lowest BCUT2D eigenvalue weighted by molar-refractivity contribution is -0.120. The van der Waals surface area contributed by atoms with E-state index in [9.17, 15) is 4.79 Å². The molecule has 2 N–H and O–H groups in total. The Morgan fingerprint density at radius 1 is 1.18 bits per heavy atom. The predicted octanol–water partition coefficient (Wildman–Crippen LogP) is 1.54. The molecule has 22 heavy (non-hydrogen) atoms. The van der Waals surface area contributed by atoms with Gasteiger partial charge in [-0.3, -0.25) is 9.78 Å². The Bertz CT molecular complexity index is 587. The molecule has 1 aromatic heterocycles. The van der Waals surface area contributed by atoms with Gasteiger partial charge in [0, 0.05) is 6.20 Å². The average molecular weight is 299 g/mol. The van der Waals surface area contributed by atoms with E-state index >= 15 is 0 Å². The second-order valence-corrected chi connectivity index (χ2v) is 4.84. The Kier molecular flexibility index (Phi) is 6.39. The summed E-state index contributed by atoms with van der Waals surface area (Å²) >= 11 is 0. The van der Waals surface area contributed by atoms with E-state index in [1.807, 2.05) is 42.5 Å². The number of methoxy groups -OCH3 is 1. The standard InChI is InChI=1S/C17H21N3O2/c1-22-16-8-3-2-6-14(16)9-11-18-13-17(21)20-12-15-7-4-5-10-19-15/h2-8,10,18H,9,11-13H2,1H3,(H,20,21). The molecule has 116 valence electrons. The molecule has 0 bridgehead atoms. The van der Waals surface area contributed by atoms with Crippen molar-refractivity contribution < 1.29 is 9.53 Å². The monoisotopic (exact) mass is 299 g/mol. The van der Waals surface area contributed by atoms with Gasteiger partial charge in [0.2, 0.25) is 5.91 Å². The van der Waals surface area contributed by atoms with Gasteiger partial charge in [-0.25, -0.2) is 0 Å². The second-order valence-electron chi connectivity index (χ2n) is 4.84. The fraction of sp³-hybridized carbons (Fsp3) is 0.294. The lowest BCUT2D eigenvalue weighted by Gasteiger charge is -2.09. The third kappa shape index (κ3) is 5.18. The fourth-order valence-corrected chi connectivity index (χ4v) is 2.09. The summed E-state index contributed by atoms with van der Waals surface area (Å²) in [4.78, 5) is 15.9. The Balaban J connectivity index is 1.65.